The molecule has 0 heterocycles. The Morgan fingerprint density at radius 3 is 2.11 bits per heavy atom. The fraction of sp³-hybridized carbons (Fsp3) is 0.462. The minimum absolute atomic E-state index is 0.101. The summed E-state index contributed by atoms with van der Waals surface area (Å²) in [6.07, 6.45) is 1.18. The third-order valence-corrected chi connectivity index (χ3v) is 5.20. The lowest BCUT2D eigenvalue weighted by atomic mass is 10.0. The van der Waals surface area contributed by atoms with Gasteiger partial charge in [0.15, 0.2) is 15.6 Å². The fourth-order valence-corrected chi connectivity index (χ4v) is 1.83. The summed E-state index contributed by atoms with van der Waals surface area (Å²) >= 11 is 0. The number of carbonyl (C=O) groups is 1. The summed E-state index contributed by atoms with van der Waals surface area (Å²) in [5, 5.41) is 0. The quantitative estimate of drug-likeness (QED) is 0.816. The third-order valence-electron chi connectivity index (χ3n) is 3.12. The van der Waals surface area contributed by atoms with E-state index in [0.29, 0.717) is 5.75 Å². The predicted molar refractivity (Wildman–Crippen MR) is 70.6 cm³/mol. The molecule has 0 atom stereocenters. The number of benzene rings is 1. The Labute approximate surface area is 108 Å². The molecule has 0 saturated carbocycles. The lowest BCUT2D eigenvalue weighted by Gasteiger charge is -2.20. The summed E-state index contributed by atoms with van der Waals surface area (Å²) in [6.45, 7) is 2.88. The van der Waals surface area contributed by atoms with Gasteiger partial charge in [0.1, 0.15) is 10.5 Å². The van der Waals surface area contributed by atoms with E-state index in [1.165, 1.54) is 13.8 Å². The first-order chi connectivity index (χ1) is 8.18. The van der Waals surface area contributed by atoms with Crippen LogP contribution in [0, 0.1) is 0 Å². The maximum atomic E-state index is 12.0. The lowest BCUT2D eigenvalue weighted by Crippen LogP contribution is -2.40. The molecule has 0 saturated heterocycles. The van der Waals surface area contributed by atoms with Crippen molar-refractivity contribution in [1.29, 1.82) is 0 Å². The van der Waals surface area contributed by atoms with Crippen LogP contribution in [0.2, 0.25) is 0 Å². The van der Waals surface area contributed by atoms with Crippen molar-refractivity contribution >= 4 is 15.6 Å². The van der Waals surface area contributed by atoms with Gasteiger partial charge >= 0.3 is 0 Å². The SMILES string of the molecule is COc1ccc(CC(=O)C(C)(C)S(C)(=O)=O)cc1. The molecular formula is C13H18O4S. The molecule has 0 fully saturated rings. The normalized spacial score (nSPS) is 12.2. The van der Waals surface area contributed by atoms with Crippen LogP contribution in [0.4, 0.5) is 0 Å². The van der Waals surface area contributed by atoms with E-state index >= 15 is 0 Å². The molecular weight excluding hydrogens is 252 g/mol. The van der Waals surface area contributed by atoms with Gasteiger partial charge < -0.3 is 4.74 Å². The minimum Gasteiger partial charge on any atom is -0.497 e. The highest BCUT2D eigenvalue weighted by Gasteiger charge is 2.37. The van der Waals surface area contributed by atoms with Gasteiger partial charge in [-0.25, -0.2) is 8.42 Å². The van der Waals surface area contributed by atoms with Crippen molar-refractivity contribution in [3.05, 3.63) is 29.8 Å². The molecule has 0 aliphatic heterocycles. The predicted octanol–water partition coefficient (Wildman–Crippen LogP) is 1.63. The Hall–Kier alpha value is -1.36. The molecule has 0 spiro atoms. The number of methoxy groups -OCH3 is 1. The van der Waals surface area contributed by atoms with Gasteiger partial charge in [-0.3, -0.25) is 4.79 Å². The second kappa shape index (κ2) is 5.10. The molecule has 100 valence electrons. The molecule has 0 aliphatic rings. The first-order valence-electron chi connectivity index (χ1n) is 5.54. The molecule has 0 radical (unpaired) electrons. The van der Waals surface area contributed by atoms with Crippen molar-refractivity contribution < 1.29 is 17.9 Å². The first-order valence-corrected chi connectivity index (χ1v) is 7.43. The number of rotatable bonds is 5. The molecule has 0 aliphatic carbocycles. The minimum atomic E-state index is -3.41. The Kier molecular flexibility index (Phi) is 4.16. The summed E-state index contributed by atoms with van der Waals surface area (Å²) in [4.78, 5) is 12.0. The average Bonchev–Trinajstić information content (AvgIpc) is 2.28. The van der Waals surface area contributed by atoms with Crippen LogP contribution in [-0.2, 0) is 21.1 Å². The van der Waals surface area contributed by atoms with Crippen LogP contribution in [0.25, 0.3) is 0 Å². The van der Waals surface area contributed by atoms with Crippen molar-refractivity contribution in [3.8, 4) is 5.75 Å². The van der Waals surface area contributed by atoms with Crippen molar-refractivity contribution in [3.63, 3.8) is 0 Å². The average molecular weight is 270 g/mol. The Morgan fingerprint density at radius 1 is 1.22 bits per heavy atom. The number of sulfone groups is 1. The van der Waals surface area contributed by atoms with Crippen molar-refractivity contribution in [2.75, 3.05) is 13.4 Å². The highest BCUT2D eigenvalue weighted by Crippen LogP contribution is 2.20. The van der Waals surface area contributed by atoms with Gasteiger partial charge in [-0.1, -0.05) is 12.1 Å². The molecule has 0 bridgehead atoms. The van der Waals surface area contributed by atoms with E-state index in [-0.39, 0.29) is 12.2 Å². The molecule has 1 aromatic carbocycles. The van der Waals surface area contributed by atoms with Crippen LogP contribution in [0.1, 0.15) is 19.4 Å². The van der Waals surface area contributed by atoms with Gasteiger partial charge in [-0.05, 0) is 31.5 Å². The molecule has 5 heteroatoms. The zero-order valence-corrected chi connectivity index (χ0v) is 11.9. The monoisotopic (exact) mass is 270 g/mol. The highest BCUT2D eigenvalue weighted by atomic mass is 32.2. The van der Waals surface area contributed by atoms with Crippen LogP contribution in [-0.4, -0.2) is 32.3 Å². The molecule has 1 aromatic rings. The van der Waals surface area contributed by atoms with Gasteiger partial charge in [0, 0.05) is 12.7 Å². The van der Waals surface area contributed by atoms with Crippen LogP contribution in [0.15, 0.2) is 24.3 Å². The number of ether oxygens (including phenoxy) is 1. The summed E-state index contributed by atoms with van der Waals surface area (Å²) in [7, 11) is -1.85. The Bertz CT molecular complexity index is 527. The number of ketones is 1. The second-order valence-corrected chi connectivity index (χ2v) is 7.30. The van der Waals surface area contributed by atoms with Gasteiger partial charge in [0.2, 0.25) is 0 Å². The van der Waals surface area contributed by atoms with Crippen molar-refractivity contribution in [2.45, 2.75) is 25.0 Å². The largest absolute Gasteiger partial charge is 0.497 e. The van der Waals surface area contributed by atoms with E-state index in [0.717, 1.165) is 11.8 Å². The van der Waals surface area contributed by atoms with Crippen LogP contribution in [0.3, 0.4) is 0 Å². The molecule has 18 heavy (non-hydrogen) atoms. The Morgan fingerprint density at radius 2 is 1.72 bits per heavy atom. The molecule has 0 aromatic heterocycles. The lowest BCUT2D eigenvalue weighted by molar-refractivity contribution is -0.120. The van der Waals surface area contributed by atoms with Crippen molar-refractivity contribution in [1.82, 2.24) is 0 Å². The van der Waals surface area contributed by atoms with Crippen LogP contribution < -0.4 is 4.74 Å². The van der Waals surface area contributed by atoms with Gasteiger partial charge in [-0.15, -0.1) is 0 Å². The number of hydrogen-bond donors (Lipinski definition) is 0. The van der Waals surface area contributed by atoms with E-state index in [4.69, 9.17) is 4.74 Å². The number of Topliss-reactive ketones (excluding diaryl/α,β-unsaturated/α-hetero) is 1. The summed E-state index contributed by atoms with van der Waals surface area (Å²) in [5.74, 6) is 0.392. The van der Waals surface area contributed by atoms with E-state index < -0.39 is 14.6 Å². The smallest absolute Gasteiger partial charge is 0.159 e. The third kappa shape index (κ3) is 3.10. The maximum absolute atomic E-state index is 12.0. The summed E-state index contributed by atoms with van der Waals surface area (Å²) in [6, 6.07) is 7.01. The van der Waals surface area contributed by atoms with Crippen LogP contribution >= 0.6 is 0 Å². The summed E-state index contributed by atoms with van der Waals surface area (Å²) in [5.41, 5.74) is 0.775. The topological polar surface area (TPSA) is 60.4 Å². The highest BCUT2D eigenvalue weighted by molar-refractivity contribution is 7.92. The zero-order chi connectivity index (χ0) is 14.0. The second-order valence-electron chi connectivity index (χ2n) is 4.73. The Balaban J connectivity index is 2.88. The zero-order valence-electron chi connectivity index (χ0n) is 11.1. The van der Waals surface area contributed by atoms with Crippen LogP contribution in [0.5, 0.6) is 5.75 Å². The molecule has 0 amide bonds. The van der Waals surface area contributed by atoms with Gasteiger partial charge in [0.05, 0.1) is 7.11 Å². The number of hydrogen-bond acceptors (Lipinski definition) is 4. The molecule has 4 nitrogen and oxygen atoms in total. The fourth-order valence-electron chi connectivity index (χ4n) is 1.35. The van der Waals surface area contributed by atoms with Gasteiger partial charge in [0.25, 0.3) is 0 Å². The van der Waals surface area contributed by atoms with Gasteiger partial charge in [-0.2, -0.15) is 0 Å². The standard InChI is InChI=1S/C13H18O4S/c1-13(2,18(4,15)16)12(14)9-10-5-7-11(17-3)8-6-10/h5-8H,9H2,1-4H3. The maximum Gasteiger partial charge on any atom is 0.159 e. The van der Waals surface area contributed by atoms with E-state index in [2.05, 4.69) is 0 Å². The number of carbonyl (C=O) groups excluding carboxylic acids is 1. The van der Waals surface area contributed by atoms with E-state index in [1.54, 1.807) is 31.4 Å². The molecule has 1 rings (SSSR count). The first kappa shape index (κ1) is 14.7. The molecule has 0 unspecified atom stereocenters. The molecule has 0 N–H and O–H groups in total. The van der Waals surface area contributed by atoms with E-state index in [9.17, 15) is 13.2 Å². The van der Waals surface area contributed by atoms with Crippen molar-refractivity contribution in [2.24, 2.45) is 0 Å². The van der Waals surface area contributed by atoms with E-state index in [1.807, 2.05) is 0 Å². The summed E-state index contributed by atoms with van der Waals surface area (Å²) < 4.78 is 26.7.